The van der Waals surface area contributed by atoms with E-state index in [1.165, 1.54) is 0 Å². The van der Waals surface area contributed by atoms with Gasteiger partial charge in [-0.15, -0.1) is 0 Å². The summed E-state index contributed by atoms with van der Waals surface area (Å²) < 4.78 is 0. The van der Waals surface area contributed by atoms with Crippen molar-refractivity contribution in [2.24, 2.45) is 0 Å². The molecule has 0 saturated heterocycles. The van der Waals surface area contributed by atoms with Crippen molar-refractivity contribution in [1.82, 2.24) is 0 Å². The summed E-state index contributed by atoms with van der Waals surface area (Å²) in [6.45, 7) is 0. The van der Waals surface area contributed by atoms with Crippen LogP contribution in [0.3, 0.4) is 0 Å². The van der Waals surface area contributed by atoms with E-state index in [0.717, 1.165) is 0 Å². The third-order valence-corrected chi connectivity index (χ3v) is 0. The fraction of sp³-hybridized carbons (Fsp3) is 0. The van der Waals surface area contributed by atoms with Crippen LogP contribution in [0.2, 0.25) is 0 Å². The van der Waals surface area contributed by atoms with E-state index in [4.69, 9.17) is 0 Å². The Balaban J connectivity index is 0. The van der Waals surface area contributed by atoms with Crippen LogP contribution < -0.4 is 9.41 Å². The predicted octanol–water partition coefficient (Wildman–Crippen LogP) is -5.09. The molecular weight excluding hydrogens is 110 g/mol. The maximum absolute atomic E-state index is 0. The van der Waals surface area contributed by atoms with E-state index in [0.29, 0.717) is 0 Å². The van der Waals surface area contributed by atoms with Crippen molar-refractivity contribution in [2.45, 2.75) is 0 Å². The first-order valence-electron chi connectivity index (χ1n) is 0. The molecule has 0 saturated carbocycles. The van der Waals surface area contributed by atoms with Crippen molar-refractivity contribution in [1.29, 1.82) is 0 Å². The largest absolute Gasteiger partial charge is 4.00 e. The van der Waals surface area contributed by atoms with Crippen molar-refractivity contribution >= 4 is 0 Å². The van der Waals surface area contributed by atoms with Crippen LogP contribution in [0, 0.1) is 14.9 Å². The third-order valence-electron chi connectivity index (χ3n) is 0. The zero-order valence-corrected chi connectivity index (χ0v) is 4.82. The van der Waals surface area contributed by atoms with Gasteiger partial charge in [-0.1, -0.05) is 0 Å². The van der Waals surface area contributed by atoms with Gasteiger partial charge in [0.1, 0.15) is 0 Å². The van der Waals surface area contributed by atoms with E-state index < -0.39 is 0 Å². The Morgan fingerprint density at radius 2 is 0.600 bits per heavy atom. The first-order valence-corrected chi connectivity index (χ1v) is 0. The second-order valence-electron chi connectivity index (χ2n) is 0. The summed E-state index contributed by atoms with van der Waals surface area (Å²) in [4.78, 5) is 0. The van der Waals surface area contributed by atoms with Gasteiger partial charge < -0.3 is 24.3 Å². The molecule has 32 valence electrons. The van der Waals surface area contributed by atoms with Crippen LogP contribution in [-0.2, 0) is 21.7 Å². The monoisotopic (exact) mass is 116 g/mol. The van der Waals surface area contributed by atoms with Gasteiger partial charge in [0, 0.05) is 0 Å². The minimum absolute atomic E-state index is 0. The molecule has 0 atom stereocenters. The van der Waals surface area contributed by atoms with E-state index in [1.54, 1.807) is 0 Å². The number of hydrogen-bond acceptors (Lipinski definition) is 0. The summed E-state index contributed by atoms with van der Waals surface area (Å²) in [5.74, 6) is 0. The second kappa shape index (κ2) is 177. The van der Waals surface area contributed by atoms with Gasteiger partial charge in [0.25, 0.3) is 0 Å². The van der Waals surface area contributed by atoms with Gasteiger partial charge in [0.2, 0.25) is 0 Å². The predicted molar refractivity (Wildman–Crippen MR) is 12.8 cm³/mol. The molecule has 0 unspecified atom stereocenters. The summed E-state index contributed by atoms with van der Waals surface area (Å²) in [7, 11) is 0. The molecule has 0 bridgehead atoms. The molecule has 0 aliphatic carbocycles. The number of halogens is 2. The van der Waals surface area contributed by atoms with Crippen LogP contribution >= 0.6 is 0 Å². The Morgan fingerprint density at radius 3 is 0.600 bits per heavy atom. The Morgan fingerprint density at radius 1 is 0.600 bits per heavy atom. The van der Waals surface area contributed by atoms with E-state index in [1.807, 2.05) is 0 Å². The average molecular weight is 116 g/mol. The van der Waals surface area contributed by atoms with E-state index in [9.17, 15) is 0 Å². The summed E-state index contributed by atoms with van der Waals surface area (Å²) in [6, 6.07) is 0. The fourth-order valence-electron chi connectivity index (χ4n) is 0. The zero-order valence-electron chi connectivity index (χ0n) is 3.26. The van der Waals surface area contributed by atoms with Crippen molar-refractivity contribution in [2.75, 3.05) is 0 Å². The molecule has 0 aliphatic rings. The van der Waals surface area contributed by atoms with Gasteiger partial charge in [-0.25, -0.2) is 0 Å². The molecule has 0 N–H and O–H groups in total. The minimum Gasteiger partial charge on any atom is -1.00 e. The maximum Gasteiger partial charge on any atom is 4.00 e. The SMILES string of the molecule is [CH3-].[CH3-].[F-].[F-].[Ti+4]. The smallest absolute Gasteiger partial charge is 1.00 e. The Hall–Kier alpha value is 0.574. The molecule has 0 aromatic heterocycles. The molecule has 0 heterocycles. The molecule has 0 nitrogen and oxygen atoms in total. The van der Waals surface area contributed by atoms with Crippen LogP contribution in [0.1, 0.15) is 0 Å². The van der Waals surface area contributed by atoms with Gasteiger partial charge in [-0.3, -0.25) is 0 Å². The Bertz CT molecular complexity index is 7.61. The summed E-state index contributed by atoms with van der Waals surface area (Å²) in [6.07, 6.45) is 0. The van der Waals surface area contributed by atoms with Gasteiger partial charge in [-0.05, 0) is 0 Å². The third kappa shape index (κ3) is 91.9. The van der Waals surface area contributed by atoms with Crippen molar-refractivity contribution in [3.63, 3.8) is 0 Å². The number of hydrogen-bond donors (Lipinski definition) is 0. The quantitative estimate of drug-likeness (QED) is 0.219. The molecule has 0 amide bonds. The molecule has 0 aromatic rings. The fourth-order valence-corrected chi connectivity index (χ4v) is 0. The molecular formula is C2H6F2Ti. The summed E-state index contributed by atoms with van der Waals surface area (Å²) in [5, 5.41) is 0. The van der Waals surface area contributed by atoms with Crippen LogP contribution in [0.5, 0.6) is 0 Å². The molecule has 3 heteroatoms. The molecule has 0 radical (unpaired) electrons. The maximum atomic E-state index is 0. The normalized spacial score (nSPS) is 0. The topological polar surface area (TPSA) is 0 Å². The second-order valence-corrected chi connectivity index (χ2v) is 0. The first-order chi connectivity index (χ1) is 0. The van der Waals surface area contributed by atoms with Crippen LogP contribution in [-0.4, -0.2) is 0 Å². The van der Waals surface area contributed by atoms with Crippen molar-refractivity contribution < 1.29 is 31.1 Å². The standard InChI is InChI=1S/2CH3.2FH.Ti/h2*1H3;2*1H;/q2*-1;;;+4/p-2. The van der Waals surface area contributed by atoms with E-state index in [2.05, 4.69) is 0 Å². The Kier molecular flexibility index (Phi) is 12500. The van der Waals surface area contributed by atoms with E-state index >= 15 is 0 Å². The zero-order chi connectivity index (χ0) is 0. The van der Waals surface area contributed by atoms with Gasteiger partial charge >= 0.3 is 21.7 Å². The van der Waals surface area contributed by atoms with Crippen LogP contribution in [0.25, 0.3) is 0 Å². The molecule has 5 heavy (non-hydrogen) atoms. The first kappa shape index (κ1) is 354. The van der Waals surface area contributed by atoms with Crippen molar-refractivity contribution in [3.05, 3.63) is 14.9 Å². The molecule has 0 aliphatic heterocycles. The Labute approximate surface area is 46.6 Å². The van der Waals surface area contributed by atoms with Crippen molar-refractivity contribution in [3.8, 4) is 0 Å². The van der Waals surface area contributed by atoms with Gasteiger partial charge in [0.15, 0.2) is 0 Å². The van der Waals surface area contributed by atoms with Gasteiger partial charge in [-0.2, -0.15) is 0 Å². The summed E-state index contributed by atoms with van der Waals surface area (Å²) >= 11 is 0. The molecule has 0 spiro atoms. The molecule has 0 fully saturated rings. The number of rotatable bonds is 0. The average Bonchev–Trinajstić information content (AvgIpc) is 0. The molecule has 0 rings (SSSR count). The van der Waals surface area contributed by atoms with E-state index in [-0.39, 0.29) is 46.0 Å². The van der Waals surface area contributed by atoms with Crippen LogP contribution in [0.15, 0.2) is 0 Å². The summed E-state index contributed by atoms with van der Waals surface area (Å²) in [5.41, 5.74) is 0. The minimum atomic E-state index is 0. The van der Waals surface area contributed by atoms with Gasteiger partial charge in [0.05, 0.1) is 0 Å². The van der Waals surface area contributed by atoms with Crippen LogP contribution in [0.4, 0.5) is 0 Å². The molecule has 0 aromatic carbocycles.